The molecule has 3 aromatic rings. The normalized spacial score (nSPS) is 11.7. The Kier molecular flexibility index (Phi) is 14.7. The summed E-state index contributed by atoms with van der Waals surface area (Å²) in [6.07, 6.45) is -0.208. The summed E-state index contributed by atoms with van der Waals surface area (Å²) in [5, 5.41) is 17.2. The standard InChI is InChI=1S/C13H16O4.C13H18O2.C8H8O2/c1-8(2)9(3)17-13(16)11-6-4-10(5-7-11)12(14)15;1-9(2)11(4)15-13(14)12-7-5-10(3)6-8-12;1-6-2-4-7(5-3-6)8(9)10/h4-9H,1-3H3,(H,14,15);5-9,11H,1-4H3;2-5H,1H3,(H,9,10). The van der Waals surface area contributed by atoms with Crippen molar-refractivity contribution in [1.82, 2.24) is 0 Å². The quantitative estimate of drug-likeness (QED) is 0.263. The highest BCUT2D eigenvalue weighted by atomic mass is 16.5. The van der Waals surface area contributed by atoms with Crippen molar-refractivity contribution in [3.05, 3.63) is 106 Å². The first-order chi connectivity index (χ1) is 19.6. The fourth-order valence-electron chi connectivity index (χ4n) is 2.88. The lowest BCUT2D eigenvalue weighted by Gasteiger charge is -2.16. The van der Waals surface area contributed by atoms with E-state index in [9.17, 15) is 19.2 Å². The second kappa shape index (κ2) is 17.4. The minimum Gasteiger partial charge on any atom is -0.478 e. The maximum Gasteiger partial charge on any atom is 0.338 e. The van der Waals surface area contributed by atoms with Crippen molar-refractivity contribution >= 4 is 23.9 Å². The van der Waals surface area contributed by atoms with Gasteiger partial charge in [0.2, 0.25) is 0 Å². The molecule has 0 heterocycles. The average molecular weight is 579 g/mol. The third-order valence-electron chi connectivity index (χ3n) is 6.42. The van der Waals surface area contributed by atoms with E-state index >= 15 is 0 Å². The average Bonchev–Trinajstić information content (AvgIpc) is 2.94. The van der Waals surface area contributed by atoms with Crippen molar-refractivity contribution in [2.45, 2.75) is 67.6 Å². The Bertz CT molecular complexity index is 1290. The Morgan fingerprint density at radius 3 is 0.976 bits per heavy atom. The molecule has 3 rings (SSSR count). The first-order valence-corrected chi connectivity index (χ1v) is 13.7. The molecule has 2 N–H and O–H groups in total. The van der Waals surface area contributed by atoms with Crippen LogP contribution in [0.1, 0.15) is 94.1 Å². The number of esters is 2. The number of carbonyl (C=O) groups excluding carboxylic acids is 2. The molecule has 8 nitrogen and oxygen atoms in total. The zero-order valence-corrected chi connectivity index (χ0v) is 25.6. The van der Waals surface area contributed by atoms with Gasteiger partial charge in [-0.1, -0.05) is 63.1 Å². The monoisotopic (exact) mass is 578 g/mol. The van der Waals surface area contributed by atoms with Crippen LogP contribution in [0.25, 0.3) is 0 Å². The predicted molar refractivity (Wildman–Crippen MR) is 162 cm³/mol. The van der Waals surface area contributed by atoms with Crippen LogP contribution < -0.4 is 0 Å². The van der Waals surface area contributed by atoms with Gasteiger partial charge in [-0.05, 0) is 88.1 Å². The van der Waals surface area contributed by atoms with E-state index in [2.05, 4.69) is 0 Å². The van der Waals surface area contributed by atoms with Gasteiger partial charge in [0.05, 0.1) is 22.3 Å². The Morgan fingerprint density at radius 2 is 0.714 bits per heavy atom. The van der Waals surface area contributed by atoms with E-state index in [1.54, 1.807) is 36.4 Å². The van der Waals surface area contributed by atoms with Gasteiger partial charge in [-0.15, -0.1) is 0 Å². The van der Waals surface area contributed by atoms with Gasteiger partial charge in [0.1, 0.15) is 12.2 Å². The van der Waals surface area contributed by atoms with Crippen LogP contribution in [0.4, 0.5) is 0 Å². The van der Waals surface area contributed by atoms with Crippen molar-refractivity contribution in [2.75, 3.05) is 0 Å². The third-order valence-corrected chi connectivity index (χ3v) is 6.42. The number of benzene rings is 3. The summed E-state index contributed by atoms with van der Waals surface area (Å²) in [6.45, 7) is 15.7. The molecule has 42 heavy (non-hydrogen) atoms. The Hall–Kier alpha value is -4.46. The number of rotatable bonds is 8. The van der Waals surface area contributed by atoms with Crippen molar-refractivity contribution in [3.63, 3.8) is 0 Å². The molecule has 0 saturated heterocycles. The number of ether oxygens (including phenoxy) is 2. The molecule has 0 aliphatic carbocycles. The maximum atomic E-state index is 11.7. The van der Waals surface area contributed by atoms with Crippen LogP contribution in [-0.2, 0) is 9.47 Å². The number of aromatic carboxylic acids is 2. The largest absolute Gasteiger partial charge is 0.478 e. The molecule has 226 valence electrons. The van der Waals surface area contributed by atoms with Crippen LogP contribution in [0.2, 0.25) is 0 Å². The molecule has 2 unspecified atom stereocenters. The van der Waals surface area contributed by atoms with E-state index in [0.717, 1.165) is 11.1 Å². The van der Waals surface area contributed by atoms with Crippen molar-refractivity contribution < 1.29 is 38.9 Å². The summed E-state index contributed by atoms with van der Waals surface area (Å²) in [6, 6.07) is 19.9. The number of hydrogen-bond donors (Lipinski definition) is 2. The molecule has 0 bridgehead atoms. The zero-order valence-electron chi connectivity index (χ0n) is 25.6. The second-order valence-electron chi connectivity index (χ2n) is 10.6. The molecule has 0 aromatic heterocycles. The van der Waals surface area contributed by atoms with Gasteiger partial charge in [0, 0.05) is 0 Å². The summed E-state index contributed by atoms with van der Waals surface area (Å²) in [5.41, 5.74) is 3.69. The van der Waals surface area contributed by atoms with Gasteiger partial charge in [-0.2, -0.15) is 0 Å². The highest BCUT2D eigenvalue weighted by Gasteiger charge is 2.16. The summed E-state index contributed by atoms with van der Waals surface area (Å²) in [4.78, 5) is 44.3. The topological polar surface area (TPSA) is 127 Å². The molecule has 8 heteroatoms. The SMILES string of the molecule is CC(C)C(C)OC(=O)c1ccc(C(=O)O)cc1.Cc1ccc(C(=O)O)cc1.Cc1ccc(C(=O)OC(C)C(C)C)cc1. The molecule has 0 saturated carbocycles. The number of hydrogen-bond acceptors (Lipinski definition) is 6. The molecule has 0 radical (unpaired) electrons. The van der Waals surface area contributed by atoms with E-state index in [1.807, 2.05) is 67.5 Å². The molecule has 0 spiro atoms. The zero-order chi connectivity index (χ0) is 32.0. The van der Waals surface area contributed by atoms with Crippen LogP contribution in [0, 0.1) is 25.7 Å². The van der Waals surface area contributed by atoms with Gasteiger partial charge in [-0.3, -0.25) is 0 Å². The number of carboxylic acids is 2. The summed E-state index contributed by atoms with van der Waals surface area (Å²) in [7, 11) is 0. The highest BCUT2D eigenvalue weighted by molar-refractivity contribution is 5.92. The molecule has 0 aliphatic rings. The second-order valence-corrected chi connectivity index (χ2v) is 10.6. The number of carbonyl (C=O) groups is 4. The lowest BCUT2D eigenvalue weighted by atomic mass is 10.1. The Balaban J connectivity index is 0.000000325. The van der Waals surface area contributed by atoms with Crippen LogP contribution in [0.3, 0.4) is 0 Å². The van der Waals surface area contributed by atoms with Crippen LogP contribution in [0.15, 0.2) is 72.8 Å². The van der Waals surface area contributed by atoms with Crippen molar-refractivity contribution in [1.29, 1.82) is 0 Å². The number of aryl methyl sites for hydroxylation is 2. The van der Waals surface area contributed by atoms with Crippen molar-refractivity contribution in [3.8, 4) is 0 Å². The van der Waals surface area contributed by atoms with Crippen molar-refractivity contribution in [2.24, 2.45) is 11.8 Å². The summed E-state index contributed by atoms with van der Waals surface area (Å²) in [5.74, 6) is -1.96. The van der Waals surface area contributed by atoms with Gasteiger partial charge < -0.3 is 19.7 Å². The molecule has 0 aliphatic heterocycles. The van der Waals surface area contributed by atoms with E-state index in [4.69, 9.17) is 19.7 Å². The molecule has 0 amide bonds. The minimum absolute atomic E-state index is 0.0428. The number of carboxylic acid groups (broad SMARTS) is 2. The van der Waals surface area contributed by atoms with Gasteiger partial charge in [0.25, 0.3) is 0 Å². The van der Waals surface area contributed by atoms with E-state index in [-0.39, 0.29) is 29.7 Å². The summed E-state index contributed by atoms with van der Waals surface area (Å²) >= 11 is 0. The van der Waals surface area contributed by atoms with E-state index in [1.165, 1.54) is 24.3 Å². The first kappa shape index (κ1) is 35.6. The summed E-state index contributed by atoms with van der Waals surface area (Å²) < 4.78 is 10.5. The van der Waals surface area contributed by atoms with Gasteiger partial charge in [-0.25, -0.2) is 19.2 Å². The van der Waals surface area contributed by atoms with Gasteiger partial charge in [0.15, 0.2) is 0 Å². The van der Waals surface area contributed by atoms with Crippen LogP contribution in [-0.4, -0.2) is 46.3 Å². The lowest BCUT2D eigenvalue weighted by molar-refractivity contribution is 0.0229. The highest BCUT2D eigenvalue weighted by Crippen LogP contribution is 2.12. The van der Waals surface area contributed by atoms with Crippen LogP contribution in [0.5, 0.6) is 0 Å². The molecule has 0 fully saturated rings. The lowest BCUT2D eigenvalue weighted by Crippen LogP contribution is -2.20. The molecule has 3 aromatic carbocycles. The third kappa shape index (κ3) is 12.8. The molecule has 2 atom stereocenters. The fraction of sp³-hybridized carbons (Fsp3) is 0.353. The predicted octanol–water partition coefficient (Wildman–Crippen LogP) is 7.48. The maximum absolute atomic E-state index is 11.7. The minimum atomic E-state index is -1.01. The Labute approximate surface area is 248 Å². The Morgan fingerprint density at radius 1 is 0.476 bits per heavy atom. The smallest absolute Gasteiger partial charge is 0.338 e. The van der Waals surface area contributed by atoms with E-state index in [0.29, 0.717) is 22.6 Å². The molecular weight excluding hydrogens is 536 g/mol. The van der Waals surface area contributed by atoms with Crippen LogP contribution >= 0.6 is 0 Å². The fourth-order valence-corrected chi connectivity index (χ4v) is 2.88. The van der Waals surface area contributed by atoms with Gasteiger partial charge >= 0.3 is 23.9 Å². The first-order valence-electron chi connectivity index (χ1n) is 13.7. The molecular formula is C34H42O8. The van der Waals surface area contributed by atoms with E-state index < -0.39 is 17.9 Å².